The summed E-state index contributed by atoms with van der Waals surface area (Å²) < 4.78 is 82.8. The highest BCUT2D eigenvalue weighted by molar-refractivity contribution is 7.95. The molecule has 0 bridgehead atoms. The van der Waals surface area contributed by atoms with Gasteiger partial charge in [0.25, 0.3) is 0 Å². The fourth-order valence-electron chi connectivity index (χ4n) is 4.23. The number of hydrogen-bond acceptors (Lipinski definition) is 5. The van der Waals surface area contributed by atoms with Gasteiger partial charge in [-0.3, -0.25) is 4.31 Å². The summed E-state index contributed by atoms with van der Waals surface area (Å²) in [5, 5.41) is 0. The van der Waals surface area contributed by atoms with Gasteiger partial charge in [-0.1, -0.05) is 24.3 Å². The third-order valence-electron chi connectivity index (χ3n) is 6.18. The van der Waals surface area contributed by atoms with Crippen LogP contribution in [0.25, 0.3) is 32.2 Å². The number of halogens is 6. The van der Waals surface area contributed by atoms with Crippen LogP contribution in [-0.2, 0) is 12.4 Å². The van der Waals surface area contributed by atoms with Crippen molar-refractivity contribution in [3.05, 3.63) is 118 Å². The van der Waals surface area contributed by atoms with Gasteiger partial charge < -0.3 is 4.72 Å². The van der Waals surface area contributed by atoms with E-state index in [2.05, 4.69) is 9.03 Å². The van der Waals surface area contributed by atoms with Gasteiger partial charge in [-0.2, -0.15) is 26.3 Å². The summed E-state index contributed by atoms with van der Waals surface area (Å²) in [6.45, 7) is 0. The smallest absolute Gasteiger partial charge is 0.316 e. The zero-order valence-corrected chi connectivity index (χ0v) is 22.0. The van der Waals surface area contributed by atoms with Crippen molar-refractivity contribution < 1.29 is 26.3 Å². The minimum Gasteiger partial charge on any atom is -0.316 e. The zero-order valence-electron chi connectivity index (χ0n) is 19.6. The van der Waals surface area contributed by atoms with Crippen LogP contribution in [-0.4, -0.2) is 4.31 Å². The minimum absolute atomic E-state index is 0.680. The Morgan fingerprint density at radius 1 is 0.538 bits per heavy atom. The fourth-order valence-corrected chi connectivity index (χ4v) is 7.14. The molecule has 4 heterocycles. The van der Waals surface area contributed by atoms with Crippen LogP contribution in [0.3, 0.4) is 0 Å². The van der Waals surface area contributed by atoms with Crippen molar-refractivity contribution in [2.75, 3.05) is 0 Å². The quantitative estimate of drug-likeness (QED) is 0.188. The number of nitrogens with zero attached hydrogens (tertiary/aromatic N) is 1. The van der Waals surface area contributed by atoms with Gasteiger partial charge in [-0.15, -0.1) is 22.7 Å². The Morgan fingerprint density at radius 3 is 1.56 bits per heavy atom. The van der Waals surface area contributed by atoms with E-state index in [9.17, 15) is 26.3 Å². The van der Waals surface area contributed by atoms with Crippen LogP contribution in [0, 0.1) is 0 Å². The highest BCUT2D eigenvalue weighted by Crippen LogP contribution is 2.47. The summed E-state index contributed by atoms with van der Waals surface area (Å²) in [7, 11) is 0. The zero-order chi connectivity index (χ0) is 27.4. The van der Waals surface area contributed by atoms with Crippen LogP contribution in [0.2, 0.25) is 0 Å². The van der Waals surface area contributed by atoms with E-state index in [4.69, 9.17) is 0 Å². The molecule has 0 aliphatic carbocycles. The first-order chi connectivity index (χ1) is 18.6. The van der Waals surface area contributed by atoms with Crippen molar-refractivity contribution in [2.24, 2.45) is 0 Å². The van der Waals surface area contributed by atoms with Crippen LogP contribution < -0.4 is 4.72 Å². The first kappa shape index (κ1) is 25.8. The van der Waals surface area contributed by atoms with E-state index < -0.39 is 23.5 Å². The van der Waals surface area contributed by atoms with Gasteiger partial charge in [-0.05, 0) is 71.8 Å². The van der Waals surface area contributed by atoms with Crippen molar-refractivity contribution in [1.29, 1.82) is 0 Å². The molecule has 6 rings (SSSR count). The lowest BCUT2D eigenvalue weighted by atomic mass is 10.1. The second kappa shape index (κ2) is 9.65. The van der Waals surface area contributed by atoms with Gasteiger partial charge in [0.1, 0.15) is 0 Å². The summed E-state index contributed by atoms with van der Waals surface area (Å²) in [6.07, 6.45) is -2.86. The lowest BCUT2D eigenvalue weighted by Gasteiger charge is -2.26. The van der Waals surface area contributed by atoms with E-state index in [0.29, 0.717) is 11.1 Å². The number of fused-ring (bicyclic) bond motifs is 1. The molecule has 2 nitrogen and oxygen atoms in total. The average Bonchev–Trinajstić information content (AvgIpc) is 3.68. The van der Waals surface area contributed by atoms with E-state index in [0.717, 1.165) is 60.7 Å². The van der Waals surface area contributed by atoms with Crippen LogP contribution in [0.1, 0.15) is 20.9 Å². The molecule has 4 aromatic rings. The predicted molar refractivity (Wildman–Crippen MR) is 146 cm³/mol. The monoisotopic (exact) mass is 590 g/mol. The molecule has 2 aliphatic heterocycles. The van der Waals surface area contributed by atoms with Crippen molar-refractivity contribution in [2.45, 2.75) is 12.4 Å². The second-order valence-corrected chi connectivity index (χ2v) is 11.6. The van der Waals surface area contributed by atoms with Gasteiger partial charge >= 0.3 is 12.4 Å². The van der Waals surface area contributed by atoms with Gasteiger partial charge in [0.05, 0.1) is 39.5 Å². The number of thiophene rings is 2. The highest BCUT2D eigenvalue weighted by Gasteiger charge is 2.32. The summed E-state index contributed by atoms with van der Waals surface area (Å²) in [5.41, 5.74) is 2.90. The topological polar surface area (TPSA) is 15.3 Å². The van der Waals surface area contributed by atoms with E-state index in [1.807, 2.05) is 42.6 Å². The Labute approximate surface area is 231 Å². The average molecular weight is 591 g/mol. The molecular formula is C28H16F6N2S3. The minimum atomic E-state index is -4.38. The van der Waals surface area contributed by atoms with Crippen molar-refractivity contribution in [1.82, 2.24) is 9.03 Å². The molecule has 1 N–H and O–H groups in total. The molecular weight excluding hydrogens is 575 g/mol. The molecule has 11 heteroatoms. The number of rotatable bonds is 4. The Bertz CT molecular complexity index is 1620. The third kappa shape index (κ3) is 5.02. The summed E-state index contributed by atoms with van der Waals surface area (Å²) in [5.74, 6) is 0. The molecule has 2 aliphatic rings. The van der Waals surface area contributed by atoms with E-state index in [1.165, 1.54) is 59.1 Å². The summed E-state index contributed by atoms with van der Waals surface area (Å²) in [4.78, 5) is 3.65. The Hall–Kier alpha value is -3.41. The molecule has 0 radical (unpaired) electrons. The van der Waals surface area contributed by atoms with Crippen LogP contribution in [0.4, 0.5) is 26.3 Å². The first-order valence-corrected chi connectivity index (χ1v) is 13.9. The largest absolute Gasteiger partial charge is 0.416 e. The molecule has 39 heavy (non-hydrogen) atoms. The van der Waals surface area contributed by atoms with Crippen molar-refractivity contribution in [3.8, 4) is 20.9 Å². The van der Waals surface area contributed by atoms with Gasteiger partial charge in [0.15, 0.2) is 0 Å². The number of benzene rings is 2. The van der Waals surface area contributed by atoms with Crippen molar-refractivity contribution >= 4 is 46.1 Å². The number of hydrogen-bond donors (Lipinski definition) is 1. The van der Waals surface area contributed by atoms with Crippen LogP contribution in [0.5, 0.6) is 0 Å². The van der Waals surface area contributed by atoms with Gasteiger partial charge in [-0.25, -0.2) is 0 Å². The lowest BCUT2D eigenvalue weighted by molar-refractivity contribution is -0.138. The Balaban J connectivity index is 1.27. The van der Waals surface area contributed by atoms with E-state index >= 15 is 0 Å². The molecule has 2 aromatic carbocycles. The van der Waals surface area contributed by atoms with E-state index in [1.54, 1.807) is 0 Å². The SMILES string of the molecule is FC(F)(F)c1ccc(-c2ccc(C3=CC=C(c4ccc(-c5ccc(C(F)(F)F)cc5)s4)N4SNC=C34)s2)cc1. The molecule has 0 fully saturated rings. The Morgan fingerprint density at radius 2 is 1.03 bits per heavy atom. The lowest BCUT2D eigenvalue weighted by Crippen LogP contribution is -2.14. The maximum absolute atomic E-state index is 12.9. The molecule has 0 amide bonds. The molecule has 198 valence electrons. The molecule has 0 spiro atoms. The first-order valence-electron chi connectivity index (χ1n) is 11.5. The van der Waals surface area contributed by atoms with Crippen molar-refractivity contribution in [3.63, 3.8) is 0 Å². The normalized spacial score (nSPS) is 15.4. The predicted octanol–water partition coefficient (Wildman–Crippen LogP) is 9.93. The van der Waals surface area contributed by atoms with Gasteiger partial charge in [0.2, 0.25) is 0 Å². The van der Waals surface area contributed by atoms with Crippen LogP contribution >= 0.6 is 34.8 Å². The molecule has 0 saturated carbocycles. The summed E-state index contributed by atoms with van der Waals surface area (Å²) >= 11 is 4.39. The third-order valence-corrected chi connectivity index (χ3v) is 9.31. The number of alkyl halides is 6. The maximum atomic E-state index is 12.9. The molecule has 0 atom stereocenters. The van der Waals surface area contributed by atoms with Crippen LogP contribution in [0.15, 0.2) is 96.8 Å². The molecule has 0 unspecified atom stereocenters. The summed E-state index contributed by atoms with van der Waals surface area (Å²) in [6, 6.07) is 18.0. The Kier molecular flexibility index (Phi) is 6.40. The molecule has 2 aromatic heterocycles. The van der Waals surface area contributed by atoms with E-state index in [-0.39, 0.29) is 0 Å². The number of nitrogens with one attached hydrogen (secondary N) is 1. The van der Waals surface area contributed by atoms with Gasteiger partial charge in [0, 0.05) is 26.4 Å². The maximum Gasteiger partial charge on any atom is 0.416 e. The second-order valence-electron chi connectivity index (χ2n) is 8.64. The highest BCUT2D eigenvalue weighted by atomic mass is 32.2. The standard InChI is InChI=1S/C28H16F6N2S3/c29-27(30,31)18-5-1-16(2-6-18)23-11-13-25(37-23)20-9-10-21(36-22(20)15-35-39-36)26-14-12-24(38-26)17-3-7-19(8-4-17)28(32,33)34/h1-15,35H. The number of allylic oxidation sites excluding steroid dienone is 3. The molecule has 0 saturated heterocycles. The fraction of sp³-hybridized carbons (Fsp3) is 0.0714.